The van der Waals surface area contributed by atoms with Crippen LogP contribution in [0.15, 0.2) is 48.5 Å². The summed E-state index contributed by atoms with van der Waals surface area (Å²) in [4.78, 5) is 36.1. The average Bonchev–Trinajstić information content (AvgIpc) is 3.10. The molecule has 1 aliphatic carbocycles. The summed E-state index contributed by atoms with van der Waals surface area (Å²) in [5.74, 6) is -1.33. The predicted molar refractivity (Wildman–Crippen MR) is 126 cm³/mol. The summed E-state index contributed by atoms with van der Waals surface area (Å²) in [7, 11) is 0. The molecule has 7 heteroatoms. The number of alkyl carbamates (subject to hydrolysis) is 1. The highest BCUT2D eigenvalue weighted by Crippen LogP contribution is 2.44. The Hall–Kier alpha value is -3.35. The highest BCUT2D eigenvalue weighted by Gasteiger charge is 2.29. The monoisotopic (exact) mass is 452 g/mol. The molecule has 0 bridgehead atoms. The van der Waals surface area contributed by atoms with Crippen LogP contribution in [0.2, 0.25) is 0 Å². The van der Waals surface area contributed by atoms with Crippen LogP contribution in [-0.2, 0) is 14.3 Å². The van der Waals surface area contributed by atoms with Crippen molar-refractivity contribution in [3.63, 3.8) is 0 Å². The third-order valence-electron chi connectivity index (χ3n) is 6.17. The van der Waals surface area contributed by atoms with Gasteiger partial charge < -0.3 is 20.5 Å². The molecule has 7 nitrogen and oxygen atoms in total. The highest BCUT2D eigenvalue weighted by molar-refractivity contribution is 5.84. The molecule has 0 aromatic heterocycles. The molecule has 1 aliphatic rings. The summed E-state index contributed by atoms with van der Waals surface area (Å²) >= 11 is 0. The molecule has 2 aromatic carbocycles. The van der Waals surface area contributed by atoms with Crippen LogP contribution in [-0.4, -0.2) is 41.8 Å². The average molecular weight is 453 g/mol. The van der Waals surface area contributed by atoms with Crippen molar-refractivity contribution < 1.29 is 24.2 Å². The summed E-state index contributed by atoms with van der Waals surface area (Å²) < 4.78 is 5.50. The fourth-order valence-electron chi connectivity index (χ4n) is 4.21. The summed E-state index contributed by atoms with van der Waals surface area (Å²) in [5, 5.41) is 14.6. The molecule has 2 amide bonds. The van der Waals surface area contributed by atoms with Gasteiger partial charge in [-0.3, -0.25) is 4.79 Å². The summed E-state index contributed by atoms with van der Waals surface area (Å²) in [6.45, 7) is 5.80. The number of hydrogen-bond donors (Lipinski definition) is 3. The van der Waals surface area contributed by atoms with E-state index in [0.717, 1.165) is 28.7 Å². The molecule has 2 aromatic rings. The SMILES string of the molecule is CCC(C)CC(NC(=O)C[C@@H](C)NC(=O)OCC1c2ccccc2-c2ccccc21)C(=O)O. The molecule has 0 heterocycles. The van der Waals surface area contributed by atoms with Crippen molar-refractivity contribution in [2.45, 2.75) is 58.0 Å². The summed E-state index contributed by atoms with van der Waals surface area (Å²) in [5.41, 5.74) is 4.55. The van der Waals surface area contributed by atoms with E-state index in [4.69, 9.17) is 4.74 Å². The zero-order valence-corrected chi connectivity index (χ0v) is 19.3. The quantitative estimate of drug-likeness (QED) is 0.498. The number of hydrogen-bond acceptors (Lipinski definition) is 4. The summed E-state index contributed by atoms with van der Waals surface area (Å²) in [6.07, 6.45) is 0.561. The van der Waals surface area contributed by atoms with Crippen molar-refractivity contribution in [1.82, 2.24) is 10.6 Å². The molecule has 0 saturated heterocycles. The number of ether oxygens (including phenoxy) is 1. The molecule has 3 rings (SSSR count). The van der Waals surface area contributed by atoms with Crippen molar-refractivity contribution in [2.75, 3.05) is 6.61 Å². The van der Waals surface area contributed by atoms with Crippen molar-refractivity contribution in [3.8, 4) is 11.1 Å². The van der Waals surface area contributed by atoms with Crippen LogP contribution in [0.25, 0.3) is 11.1 Å². The maximum Gasteiger partial charge on any atom is 0.407 e. The second-order valence-corrected chi connectivity index (χ2v) is 8.78. The van der Waals surface area contributed by atoms with Crippen LogP contribution in [0.4, 0.5) is 4.79 Å². The van der Waals surface area contributed by atoms with Crippen LogP contribution >= 0.6 is 0 Å². The first kappa shape index (κ1) is 24.3. The minimum absolute atomic E-state index is 0.0333. The van der Waals surface area contributed by atoms with Gasteiger partial charge in [0.1, 0.15) is 12.6 Å². The molecular formula is C26H32N2O5. The van der Waals surface area contributed by atoms with Gasteiger partial charge in [0.05, 0.1) is 0 Å². The minimum atomic E-state index is -1.05. The molecule has 3 atom stereocenters. The molecule has 2 unspecified atom stereocenters. The third-order valence-corrected chi connectivity index (χ3v) is 6.17. The number of benzene rings is 2. The van der Waals surface area contributed by atoms with Gasteiger partial charge in [0.2, 0.25) is 5.91 Å². The molecule has 0 fully saturated rings. The Kier molecular flexibility index (Phi) is 8.09. The lowest BCUT2D eigenvalue weighted by atomic mass is 9.98. The summed E-state index contributed by atoms with van der Waals surface area (Å²) in [6, 6.07) is 14.7. The van der Waals surface area contributed by atoms with Crippen LogP contribution in [0, 0.1) is 5.92 Å². The van der Waals surface area contributed by atoms with Crippen LogP contribution in [0.1, 0.15) is 57.1 Å². The highest BCUT2D eigenvalue weighted by atomic mass is 16.5. The molecule has 176 valence electrons. The van der Waals surface area contributed by atoms with E-state index in [-0.39, 0.29) is 24.9 Å². The second kappa shape index (κ2) is 11.0. The lowest BCUT2D eigenvalue weighted by Crippen LogP contribution is -2.44. The number of carboxylic acid groups (broad SMARTS) is 1. The van der Waals surface area contributed by atoms with Gasteiger partial charge in [-0.25, -0.2) is 9.59 Å². The van der Waals surface area contributed by atoms with E-state index >= 15 is 0 Å². The van der Waals surface area contributed by atoms with Crippen molar-refractivity contribution in [3.05, 3.63) is 59.7 Å². The van der Waals surface area contributed by atoms with Crippen molar-refractivity contribution in [2.24, 2.45) is 5.92 Å². The fraction of sp³-hybridized carbons (Fsp3) is 0.423. The van der Waals surface area contributed by atoms with E-state index in [1.54, 1.807) is 6.92 Å². The van der Waals surface area contributed by atoms with Crippen LogP contribution < -0.4 is 10.6 Å². The Morgan fingerprint density at radius 3 is 2.09 bits per heavy atom. The minimum Gasteiger partial charge on any atom is -0.480 e. The topological polar surface area (TPSA) is 105 Å². The van der Waals surface area contributed by atoms with Crippen molar-refractivity contribution in [1.29, 1.82) is 0 Å². The first-order valence-corrected chi connectivity index (χ1v) is 11.4. The molecule has 0 spiro atoms. The van der Waals surface area contributed by atoms with E-state index in [1.165, 1.54) is 0 Å². The molecular weight excluding hydrogens is 420 g/mol. The number of rotatable bonds is 10. The maximum atomic E-state index is 12.4. The maximum absolute atomic E-state index is 12.4. The Labute approximate surface area is 194 Å². The second-order valence-electron chi connectivity index (χ2n) is 8.78. The number of fused-ring (bicyclic) bond motifs is 3. The van der Waals surface area contributed by atoms with Gasteiger partial charge in [0, 0.05) is 18.4 Å². The Bertz CT molecular complexity index is 960. The molecule has 0 aliphatic heterocycles. The number of aliphatic carboxylic acids is 1. The third kappa shape index (κ3) is 6.12. The lowest BCUT2D eigenvalue weighted by molar-refractivity contribution is -0.142. The van der Waals surface area contributed by atoms with Gasteiger partial charge in [-0.05, 0) is 41.5 Å². The van der Waals surface area contributed by atoms with E-state index in [9.17, 15) is 19.5 Å². The first-order valence-electron chi connectivity index (χ1n) is 11.4. The number of carbonyl (C=O) groups is 3. The van der Waals surface area contributed by atoms with Crippen molar-refractivity contribution >= 4 is 18.0 Å². The number of nitrogens with one attached hydrogen (secondary N) is 2. The molecule has 0 radical (unpaired) electrons. The molecule has 33 heavy (non-hydrogen) atoms. The standard InChI is InChI=1S/C26H32N2O5/c1-4-16(2)13-23(25(30)31)28-24(29)14-17(3)27-26(32)33-15-22-20-11-7-5-9-18(20)19-10-6-8-12-21(19)22/h5-12,16-17,22-23H,4,13-15H2,1-3H3,(H,27,32)(H,28,29)(H,30,31)/t16?,17-,23?/m1/s1. The van der Waals surface area contributed by atoms with E-state index < -0.39 is 30.1 Å². The predicted octanol–water partition coefficient (Wildman–Crippen LogP) is 4.31. The fourth-order valence-corrected chi connectivity index (χ4v) is 4.21. The van der Waals surface area contributed by atoms with E-state index in [2.05, 4.69) is 22.8 Å². The van der Waals surface area contributed by atoms with Gasteiger partial charge in [0.25, 0.3) is 0 Å². The molecule has 3 N–H and O–H groups in total. The number of carbonyl (C=O) groups excluding carboxylic acids is 2. The Balaban J connectivity index is 1.51. The zero-order valence-electron chi connectivity index (χ0n) is 19.3. The molecule has 0 saturated carbocycles. The van der Waals surface area contributed by atoms with Crippen LogP contribution in [0.5, 0.6) is 0 Å². The largest absolute Gasteiger partial charge is 0.480 e. The number of amides is 2. The normalized spacial score (nSPS) is 15.0. The van der Waals surface area contributed by atoms with Gasteiger partial charge in [-0.1, -0.05) is 68.8 Å². The Morgan fingerprint density at radius 1 is 0.970 bits per heavy atom. The first-order chi connectivity index (χ1) is 15.8. The van der Waals surface area contributed by atoms with Gasteiger partial charge >= 0.3 is 12.1 Å². The van der Waals surface area contributed by atoms with E-state index in [0.29, 0.717) is 6.42 Å². The smallest absolute Gasteiger partial charge is 0.407 e. The van der Waals surface area contributed by atoms with Gasteiger partial charge in [-0.15, -0.1) is 0 Å². The van der Waals surface area contributed by atoms with E-state index in [1.807, 2.05) is 50.2 Å². The zero-order chi connectivity index (χ0) is 24.0. The number of carboxylic acids is 1. The van der Waals surface area contributed by atoms with Crippen LogP contribution in [0.3, 0.4) is 0 Å². The Morgan fingerprint density at radius 2 is 1.55 bits per heavy atom. The van der Waals surface area contributed by atoms with Gasteiger partial charge in [-0.2, -0.15) is 0 Å². The van der Waals surface area contributed by atoms with Gasteiger partial charge in [0.15, 0.2) is 0 Å². The lowest BCUT2D eigenvalue weighted by Gasteiger charge is -2.20.